The summed E-state index contributed by atoms with van der Waals surface area (Å²) in [6, 6.07) is 12.8. The van der Waals surface area contributed by atoms with Gasteiger partial charge >= 0.3 is 0 Å². The van der Waals surface area contributed by atoms with Crippen LogP contribution < -0.4 is 4.74 Å². The fourth-order valence-electron chi connectivity index (χ4n) is 3.59. The summed E-state index contributed by atoms with van der Waals surface area (Å²) in [7, 11) is 0. The zero-order valence-electron chi connectivity index (χ0n) is 17.6. The summed E-state index contributed by atoms with van der Waals surface area (Å²) in [5.74, 6) is 0.733. The Labute approximate surface area is 192 Å². The molecule has 2 aromatic carbocycles. The first kappa shape index (κ1) is 24.7. The molecule has 3 rings (SSSR count). The number of ether oxygens (including phenoxy) is 3. The second-order valence-electron chi connectivity index (χ2n) is 7.63. The Bertz CT molecular complexity index is 871. The van der Waals surface area contributed by atoms with Crippen LogP contribution in [0.15, 0.2) is 55.1 Å². The maximum atomic E-state index is 10.4. The normalized spacial score (nSPS) is 25.5. The Morgan fingerprint density at radius 2 is 1.75 bits per heavy atom. The van der Waals surface area contributed by atoms with E-state index in [9.17, 15) is 20.4 Å². The lowest BCUT2D eigenvalue weighted by Crippen LogP contribution is -2.55. The summed E-state index contributed by atoms with van der Waals surface area (Å²) >= 11 is 6.39. The van der Waals surface area contributed by atoms with Gasteiger partial charge in [-0.05, 0) is 41.3 Å². The molecule has 0 unspecified atom stereocenters. The summed E-state index contributed by atoms with van der Waals surface area (Å²) in [6.07, 6.45) is -3.81. The highest BCUT2D eigenvalue weighted by Crippen LogP contribution is 2.34. The van der Waals surface area contributed by atoms with E-state index in [-0.39, 0.29) is 0 Å². The van der Waals surface area contributed by atoms with E-state index in [1.165, 1.54) is 0 Å². The van der Waals surface area contributed by atoms with Gasteiger partial charge < -0.3 is 34.6 Å². The van der Waals surface area contributed by atoms with Gasteiger partial charge in [-0.15, -0.1) is 6.58 Å². The first-order valence-corrected chi connectivity index (χ1v) is 10.8. The van der Waals surface area contributed by atoms with E-state index in [1.54, 1.807) is 24.3 Å². The predicted octanol–water partition coefficient (Wildman–Crippen LogP) is 2.03. The quantitative estimate of drug-likeness (QED) is 0.314. The monoisotopic (exact) mass is 464 g/mol. The fraction of sp³-hybridized carbons (Fsp3) is 0.417. The van der Waals surface area contributed by atoms with Gasteiger partial charge in [0.25, 0.3) is 0 Å². The first-order valence-electron chi connectivity index (χ1n) is 10.4. The lowest BCUT2D eigenvalue weighted by Gasteiger charge is -2.40. The maximum Gasteiger partial charge on any atom is 0.119 e. The lowest BCUT2D eigenvalue weighted by atomic mass is 9.90. The molecule has 1 aliphatic heterocycles. The third-order valence-electron chi connectivity index (χ3n) is 5.34. The van der Waals surface area contributed by atoms with Crippen molar-refractivity contribution in [3.8, 4) is 5.75 Å². The minimum atomic E-state index is -1.43. The van der Waals surface area contributed by atoms with Crippen LogP contribution in [0, 0.1) is 0 Å². The maximum absolute atomic E-state index is 10.4. The highest BCUT2D eigenvalue weighted by Gasteiger charge is 2.44. The van der Waals surface area contributed by atoms with Crippen molar-refractivity contribution < 1.29 is 34.6 Å². The topological polar surface area (TPSA) is 109 Å². The molecule has 0 aliphatic carbocycles. The molecule has 7 nitrogen and oxygen atoms in total. The molecule has 0 amide bonds. The van der Waals surface area contributed by atoms with Crippen molar-refractivity contribution in [1.82, 2.24) is 0 Å². The second kappa shape index (κ2) is 11.8. The van der Waals surface area contributed by atoms with E-state index in [4.69, 9.17) is 25.8 Å². The third kappa shape index (κ3) is 6.08. The van der Waals surface area contributed by atoms with E-state index in [0.717, 1.165) is 16.9 Å². The van der Waals surface area contributed by atoms with E-state index in [1.807, 2.05) is 24.3 Å². The van der Waals surface area contributed by atoms with E-state index < -0.39 is 37.1 Å². The molecule has 0 spiro atoms. The van der Waals surface area contributed by atoms with Crippen molar-refractivity contribution in [3.63, 3.8) is 0 Å². The van der Waals surface area contributed by atoms with Crippen LogP contribution in [0.5, 0.6) is 5.75 Å². The van der Waals surface area contributed by atoms with Crippen molar-refractivity contribution >= 4 is 11.6 Å². The zero-order valence-corrected chi connectivity index (χ0v) is 18.4. The molecule has 174 valence electrons. The van der Waals surface area contributed by atoms with Gasteiger partial charge in [0.2, 0.25) is 0 Å². The van der Waals surface area contributed by atoms with Gasteiger partial charge in [-0.3, -0.25) is 0 Å². The summed E-state index contributed by atoms with van der Waals surface area (Å²) in [4.78, 5) is 0. The van der Waals surface area contributed by atoms with Crippen LogP contribution in [0.2, 0.25) is 5.02 Å². The molecular formula is C24H29ClO7. The number of aliphatic hydroxyl groups is 4. The highest BCUT2D eigenvalue weighted by atomic mass is 35.5. The van der Waals surface area contributed by atoms with Crippen LogP contribution in [0.3, 0.4) is 0 Å². The molecule has 0 saturated carbocycles. The summed E-state index contributed by atoms with van der Waals surface area (Å²) in [5.41, 5.74) is 2.42. The largest absolute Gasteiger partial charge is 0.491 e. The van der Waals surface area contributed by atoms with Crippen LogP contribution in [0.25, 0.3) is 0 Å². The molecule has 1 heterocycles. The van der Waals surface area contributed by atoms with Gasteiger partial charge in [0.05, 0.1) is 19.8 Å². The van der Waals surface area contributed by atoms with E-state index in [2.05, 4.69) is 6.58 Å². The molecule has 0 bridgehead atoms. The van der Waals surface area contributed by atoms with Crippen molar-refractivity contribution in [2.24, 2.45) is 0 Å². The third-order valence-corrected chi connectivity index (χ3v) is 5.71. The molecule has 1 aliphatic rings. The average molecular weight is 465 g/mol. The van der Waals surface area contributed by atoms with Crippen molar-refractivity contribution in [3.05, 3.63) is 76.8 Å². The second-order valence-corrected chi connectivity index (χ2v) is 8.04. The molecule has 0 radical (unpaired) electrons. The SMILES string of the molecule is C=CCOCCOc1ccc(Cc2cc([C@@H]3O[C@H](CO)[C@@H](O)[C@H](O)[C@H]3O)ccc2Cl)cc1. The first-order chi connectivity index (χ1) is 15.4. The Hall–Kier alpha value is -1.97. The Balaban J connectivity index is 1.68. The molecule has 5 atom stereocenters. The Morgan fingerprint density at radius 3 is 2.44 bits per heavy atom. The molecule has 8 heteroatoms. The minimum Gasteiger partial charge on any atom is -0.491 e. The molecule has 1 saturated heterocycles. The van der Waals surface area contributed by atoms with Crippen LogP contribution in [-0.2, 0) is 15.9 Å². The molecule has 32 heavy (non-hydrogen) atoms. The number of aliphatic hydroxyl groups excluding tert-OH is 4. The molecular weight excluding hydrogens is 436 g/mol. The van der Waals surface area contributed by atoms with Crippen LogP contribution >= 0.6 is 11.6 Å². The summed E-state index contributed by atoms with van der Waals surface area (Å²) < 4.78 is 16.6. The number of hydrogen-bond acceptors (Lipinski definition) is 7. The summed E-state index contributed by atoms with van der Waals surface area (Å²) in [6.45, 7) is 4.53. The Morgan fingerprint density at radius 1 is 1.00 bits per heavy atom. The van der Waals surface area contributed by atoms with Crippen molar-refractivity contribution in [2.75, 3.05) is 26.4 Å². The highest BCUT2D eigenvalue weighted by molar-refractivity contribution is 6.31. The predicted molar refractivity (Wildman–Crippen MR) is 120 cm³/mol. The van der Waals surface area contributed by atoms with Gasteiger partial charge in [0.15, 0.2) is 0 Å². The van der Waals surface area contributed by atoms with E-state index in [0.29, 0.717) is 36.8 Å². The molecule has 2 aromatic rings. The van der Waals surface area contributed by atoms with Crippen LogP contribution in [0.4, 0.5) is 0 Å². The van der Waals surface area contributed by atoms with Gasteiger partial charge in [0, 0.05) is 5.02 Å². The van der Waals surface area contributed by atoms with E-state index >= 15 is 0 Å². The number of hydrogen-bond donors (Lipinski definition) is 4. The molecule has 0 aromatic heterocycles. The fourth-order valence-corrected chi connectivity index (χ4v) is 3.78. The number of benzene rings is 2. The number of halogens is 1. The standard InChI is InChI=1S/C24H29ClO7/c1-2-9-30-10-11-31-18-6-3-15(4-7-18)12-17-13-16(5-8-19(17)25)24-23(29)22(28)21(27)20(14-26)32-24/h2-8,13,20-24,26-29H,1,9-12,14H2/t20-,21-,22+,23-,24+/m1/s1. The van der Waals surface area contributed by atoms with Gasteiger partial charge in [-0.25, -0.2) is 0 Å². The molecule has 1 fully saturated rings. The average Bonchev–Trinajstić information content (AvgIpc) is 2.80. The summed E-state index contributed by atoms with van der Waals surface area (Å²) in [5, 5.41) is 40.4. The smallest absolute Gasteiger partial charge is 0.119 e. The van der Waals surface area contributed by atoms with Gasteiger partial charge in [-0.2, -0.15) is 0 Å². The van der Waals surface area contributed by atoms with Crippen molar-refractivity contribution in [1.29, 1.82) is 0 Å². The lowest BCUT2D eigenvalue weighted by molar-refractivity contribution is -0.231. The Kier molecular flexibility index (Phi) is 9.07. The number of rotatable bonds is 10. The van der Waals surface area contributed by atoms with Crippen LogP contribution in [0.1, 0.15) is 22.8 Å². The van der Waals surface area contributed by atoms with Gasteiger partial charge in [-0.1, -0.05) is 41.9 Å². The van der Waals surface area contributed by atoms with Gasteiger partial charge in [0.1, 0.15) is 42.9 Å². The van der Waals surface area contributed by atoms with Crippen LogP contribution in [-0.4, -0.2) is 71.3 Å². The minimum absolute atomic E-state index is 0.445. The zero-order chi connectivity index (χ0) is 23.1. The molecule has 4 N–H and O–H groups in total. The van der Waals surface area contributed by atoms with Crippen molar-refractivity contribution in [2.45, 2.75) is 36.9 Å².